The molecule has 0 spiro atoms. The summed E-state index contributed by atoms with van der Waals surface area (Å²) in [5.74, 6) is -4.71. The Labute approximate surface area is 152 Å². The van der Waals surface area contributed by atoms with E-state index in [0.717, 1.165) is 12.1 Å². The molecule has 0 fully saturated rings. The van der Waals surface area contributed by atoms with Crippen LogP contribution in [0, 0.1) is 17.0 Å². The number of nitrogens with two attached hydrogens (primary N) is 1. The molecule has 0 radical (unpaired) electrons. The van der Waals surface area contributed by atoms with Gasteiger partial charge in [-0.05, 0) is 41.8 Å². The maximum Gasteiger partial charge on any atom is 0.471 e. The van der Waals surface area contributed by atoms with Crippen LogP contribution in [0.25, 0.3) is 0 Å². The SMILES string of the molecule is N=C(NC(=O)C(F)(F)F)c1cc(Cc2cc(F)cc(F)c2)c(Br)cc1N. The van der Waals surface area contributed by atoms with E-state index in [1.165, 1.54) is 17.4 Å². The van der Waals surface area contributed by atoms with E-state index in [1.54, 1.807) is 0 Å². The molecule has 1 amide bonds. The second-order valence-electron chi connectivity index (χ2n) is 5.31. The fourth-order valence-electron chi connectivity index (χ4n) is 2.17. The van der Waals surface area contributed by atoms with Gasteiger partial charge in [0, 0.05) is 21.8 Å². The first-order chi connectivity index (χ1) is 12.0. The number of nitrogen functional groups attached to an aromatic ring is 1. The van der Waals surface area contributed by atoms with Crippen LogP contribution in [0.4, 0.5) is 27.6 Å². The topological polar surface area (TPSA) is 79.0 Å². The van der Waals surface area contributed by atoms with Crippen LogP contribution in [0.2, 0.25) is 0 Å². The molecule has 4 nitrogen and oxygen atoms in total. The highest BCUT2D eigenvalue weighted by atomic mass is 79.9. The largest absolute Gasteiger partial charge is 0.471 e. The normalized spacial score (nSPS) is 11.3. The Bertz CT molecular complexity index is 863. The number of anilines is 1. The lowest BCUT2D eigenvalue weighted by Gasteiger charge is -2.14. The highest BCUT2D eigenvalue weighted by Gasteiger charge is 2.39. The Morgan fingerprint density at radius 2 is 1.69 bits per heavy atom. The molecule has 4 N–H and O–H groups in total. The summed E-state index contributed by atoms with van der Waals surface area (Å²) in [6.45, 7) is 0. The summed E-state index contributed by atoms with van der Waals surface area (Å²) in [7, 11) is 0. The van der Waals surface area contributed by atoms with Gasteiger partial charge in [0.2, 0.25) is 0 Å². The second-order valence-corrected chi connectivity index (χ2v) is 6.17. The molecule has 0 unspecified atom stereocenters. The summed E-state index contributed by atoms with van der Waals surface area (Å²) in [6, 6.07) is 5.50. The Balaban J connectivity index is 2.34. The number of nitrogens with one attached hydrogen (secondary N) is 2. The number of carbonyl (C=O) groups is 1. The summed E-state index contributed by atoms with van der Waals surface area (Å²) >= 11 is 3.20. The van der Waals surface area contributed by atoms with Crippen molar-refractivity contribution in [3.63, 3.8) is 0 Å². The van der Waals surface area contributed by atoms with Gasteiger partial charge in [-0.15, -0.1) is 0 Å². The van der Waals surface area contributed by atoms with Gasteiger partial charge in [-0.3, -0.25) is 10.2 Å². The van der Waals surface area contributed by atoms with Crippen molar-refractivity contribution in [2.45, 2.75) is 12.6 Å². The van der Waals surface area contributed by atoms with Crippen molar-refractivity contribution in [3.8, 4) is 0 Å². The zero-order chi connectivity index (χ0) is 19.6. The first-order valence-corrected chi connectivity index (χ1v) is 7.76. The maximum absolute atomic E-state index is 13.3. The highest BCUT2D eigenvalue weighted by Crippen LogP contribution is 2.27. The number of hydrogen-bond acceptors (Lipinski definition) is 3. The molecule has 0 aliphatic heterocycles. The number of rotatable bonds is 3. The first kappa shape index (κ1) is 19.8. The zero-order valence-corrected chi connectivity index (χ0v) is 14.4. The van der Waals surface area contributed by atoms with E-state index in [1.807, 2.05) is 0 Å². The number of alkyl halides is 3. The number of carbonyl (C=O) groups excluding carboxylic acids is 1. The molecular formula is C16H11BrF5N3O. The molecule has 26 heavy (non-hydrogen) atoms. The lowest BCUT2D eigenvalue weighted by Crippen LogP contribution is -2.40. The Morgan fingerprint density at radius 1 is 1.12 bits per heavy atom. The predicted molar refractivity (Wildman–Crippen MR) is 88.7 cm³/mol. The molecule has 0 aliphatic carbocycles. The summed E-state index contributed by atoms with van der Waals surface area (Å²) in [6.07, 6.45) is -5.14. The average Bonchev–Trinajstić information content (AvgIpc) is 2.47. The van der Waals surface area contributed by atoms with Crippen LogP contribution in [0.3, 0.4) is 0 Å². The number of amidine groups is 1. The van der Waals surface area contributed by atoms with Crippen LogP contribution in [0.5, 0.6) is 0 Å². The molecule has 0 saturated heterocycles. The van der Waals surface area contributed by atoms with Crippen molar-refractivity contribution in [2.75, 3.05) is 5.73 Å². The van der Waals surface area contributed by atoms with Gasteiger partial charge in [-0.1, -0.05) is 15.9 Å². The molecule has 0 aromatic heterocycles. The summed E-state index contributed by atoms with van der Waals surface area (Å²) < 4.78 is 64.0. The molecule has 10 heteroatoms. The van der Waals surface area contributed by atoms with E-state index in [2.05, 4.69) is 15.9 Å². The van der Waals surface area contributed by atoms with Crippen LogP contribution in [0.1, 0.15) is 16.7 Å². The molecule has 2 aromatic carbocycles. The van der Waals surface area contributed by atoms with E-state index in [0.29, 0.717) is 16.1 Å². The van der Waals surface area contributed by atoms with Crippen molar-refractivity contribution in [1.29, 1.82) is 5.41 Å². The summed E-state index contributed by atoms with van der Waals surface area (Å²) in [5, 5.41) is 9.06. The van der Waals surface area contributed by atoms with E-state index in [-0.39, 0.29) is 23.2 Å². The van der Waals surface area contributed by atoms with E-state index >= 15 is 0 Å². The van der Waals surface area contributed by atoms with Gasteiger partial charge in [0.1, 0.15) is 17.5 Å². The quantitative estimate of drug-likeness (QED) is 0.296. The highest BCUT2D eigenvalue weighted by molar-refractivity contribution is 9.10. The third-order valence-electron chi connectivity index (χ3n) is 3.30. The van der Waals surface area contributed by atoms with Gasteiger partial charge in [0.15, 0.2) is 0 Å². The van der Waals surface area contributed by atoms with E-state index in [4.69, 9.17) is 11.1 Å². The standard InChI is InChI=1S/C16H11BrF5N3O/c17-12-6-13(23)11(14(24)25-15(26)16(20,21)22)4-8(12)1-7-2-9(18)5-10(19)3-7/h2-6H,1,23H2,(H2,24,25,26). The Kier molecular flexibility index (Phi) is 5.65. The molecular weight excluding hydrogens is 425 g/mol. The molecule has 0 aliphatic rings. The minimum Gasteiger partial charge on any atom is -0.398 e. The molecule has 0 bridgehead atoms. The van der Waals surface area contributed by atoms with E-state index in [9.17, 15) is 26.7 Å². The maximum atomic E-state index is 13.3. The number of hydrogen-bond donors (Lipinski definition) is 3. The van der Waals surface area contributed by atoms with Gasteiger partial charge in [0.05, 0.1) is 0 Å². The van der Waals surface area contributed by atoms with Gasteiger partial charge < -0.3 is 11.1 Å². The van der Waals surface area contributed by atoms with Crippen molar-refractivity contribution in [3.05, 3.63) is 63.1 Å². The van der Waals surface area contributed by atoms with Gasteiger partial charge in [0.25, 0.3) is 0 Å². The fourth-order valence-corrected chi connectivity index (χ4v) is 2.67. The zero-order valence-electron chi connectivity index (χ0n) is 12.8. The van der Waals surface area contributed by atoms with Crippen LogP contribution in [0.15, 0.2) is 34.8 Å². The van der Waals surface area contributed by atoms with Crippen molar-refractivity contribution < 1.29 is 26.7 Å². The lowest BCUT2D eigenvalue weighted by atomic mass is 10.0. The first-order valence-electron chi connectivity index (χ1n) is 6.97. The minimum absolute atomic E-state index is 0.0169. The second kappa shape index (κ2) is 7.40. The monoisotopic (exact) mass is 435 g/mol. The Morgan fingerprint density at radius 3 is 2.23 bits per heavy atom. The average molecular weight is 436 g/mol. The Hall–Kier alpha value is -2.49. The minimum atomic E-state index is -5.15. The number of benzene rings is 2. The predicted octanol–water partition coefficient (Wildman–Crippen LogP) is 3.90. The molecule has 138 valence electrons. The molecule has 2 aromatic rings. The lowest BCUT2D eigenvalue weighted by molar-refractivity contribution is -0.171. The van der Waals surface area contributed by atoms with Crippen LogP contribution in [-0.2, 0) is 11.2 Å². The van der Waals surface area contributed by atoms with Crippen LogP contribution < -0.4 is 11.1 Å². The number of halogens is 6. The van der Waals surface area contributed by atoms with Crippen molar-refractivity contribution in [1.82, 2.24) is 5.32 Å². The third kappa shape index (κ3) is 4.78. The van der Waals surface area contributed by atoms with Crippen LogP contribution >= 0.6 is 15.9 Å². The van der Waals surface area contributed by atoms with Gasteiger partial charge in [-0.2, -0.15) is 13.2 Å². The fraction of sp³-hybridized carbons (Fsp3) is 0.125. The molecule has 0 heterocycles. The molecule has 0 saturated carbocycles. The molecule has 2 rings (SSSR count). The smallest absolute Gasteiger partial charge is 0.398 e. The summed E-state index contributed by atoms with van der Waals surface area (Å²) in [5.41, 5.74) is 6.16. The van der Waals surface area contributed by atoms with Gasteiger partial charge >= 0.3 is 12.1 Å². The summed E-state index contributed by atoms with van der Waals surface area (Å²) in [4.78, 5) is 11.0. The van der Waals surface area contributed by atoms with E-state index < -0.39 is 29.6 Å². The molecule has 0 atom stereocenters. The van der Waals surface area contributed by atoms with Gasteiger partial charge in [-0.25, -0.2) is 8.78 Å². The van der Waals surface area contributed by atoms with Crippen molar-refractivity contribution >= 4 is 33.4 Å². The van der Waals surface area contributed by atoms with Crippen molar-refractivity contribution in [2.24, 2.45) is 0 Å². The third-order valence-corrected chi connectivity index (χ3v) is 4.04. The number of amides is 1. The van der Waals surface area contributed by atoms with Crippen LogP contribution in [-0.4, -0.2) is 17.9 Å².